The Hall–Kier alpha value is -2.96. The number of aromatic carboxylic acids is 1. The van der Waals surface area contributed by atoms with Crippen molar-refractivity contribution in [3.8, 4) is 0 Å². The number of rotatable bonds is 10. The van der Waals surface area contributed by atoms with E-state index in [1.54, 1.807) is 13.2 Å². The maximum absolute atomic E-state index is 12.8. The van der Waals surface area contributed by atoms with E-state index >= 15 is 0 Å². The van der Waals surface area contributed by atoms with Crippen molar-refractivity contribution in [3.05, 3.63) is 61.9 Å². The molecule has 2 aromatic rings. The van der Waals surface area contributed by atoms with E-state index < -0.39 is 17.4 Å². The fourth-order valence-electron chi connectivity index (χ4n) is 5.50. The molecule has 40 heavy (non-hydrogen) atoms. The van der Waals surface area contributed by atoms with E-state index in [9.17, 15) is 19.5 Å². The lowest BCUT2D eigenvalue weighted by Gasteiger charge is -2.38. The van der Waals surface area contributed by atoms with Gasteiger partial charge < -0.3 is 35.5 Å². The van der Waals surface area contributed by atoms with Crippen LogP contribution in [0.15, 0.2) is 29.1 Å². The molecule has 5 N–H and O–H groups in total. The van der Waals surface area contributed by atoms with E-state index in [4.69, 9.17) is 26.8 Å². The number of morpholine rings is 1. The summed E-state index contributed by atoms with van der Waals surface area (Å²) in [5.74, 6) is -1.41. The minimum Gasteiger partial charge on any atom is -0.478 e. The number of nitrogen functional groups attached to an aromatic ring is 1. The maximum atomic E-state index is 12.8. The van der Waals surface area contributed by atoms with Gasteiger partial charge in [-0.2, -0.15) is 0 Å². The van der Waals surface area contributed by atoms with Crippen LogP contribution in [0.2, 0.25) is 5.02 Å². The number of aryl methyl sites for hydroxylation is 1. The zero-order valence-electron chi connectivity index (χ0n) is 23.0. The molecular weight excluding hydrogens is 538 g/mol. The van der Waals surface area contributed by atoms with E-state index in [0.29, 0.717) is 31.7 Å². The van der Waals surface area contributed by atoms with E-state index in [2.05, 4.69) is 27.0 Å². The topological polar surface area (TPSA) is 150 Å². The number of amides is 1. The highest BCUT2D eigenvalue weighted by molar-refractivity contribution is 6.33. The fourth-order valence-corrected chi connectivity index (χ4v) is 5.65. The number of methoxy groups -OCH3 is 1. The normalized spacial score (nSPS) is 21.2. The third kappa shape index (κ3) is 7.21. The number of hydrogen-bond acceptors (Lipinski definition) is 8. The van der Waals surface area contributed by atoms with Crippen molar-refractivity contribution >= 4 is 29.3 Å². The van der Waals surface area contributed by atoms with Gasteiger partial charge in [-0.1, -0.05) is 23.7 Å². The highest BCUT2D eigenvalue weighted by atomic mass is 35.5. The van der Waals surface area contributed by atoms with Gasteiger partial charge in [0.25, 0.3) is 11.5 Å². The summed E-state index contributed by atoms with van der Waals surface area (Å²) in [5.41, 5.74) is 7.21. The smallest absolute Gasteiger partial charge is 0.336 e. The van der Waals surface area contributed by atoms with E-state index in [-0.39, 0.29) is 34.6 Å². The molecule has 0 aliphatic carbocycles. The van der Waals surface area contributed by atoms with Crippen molar-refractivity contribution in [2.75, 3.05) is 58.8 Å². The van der Waals surface area contributed by atoms with Gasteiger partial charge >= 0.3 is 5.97 Å². The van der Waals surface area contributed by atoms with Gasteiger partial charge in [-0.15, -0.1) is 0 Å². The number of carbonyl (C=O) groups excluding carboxylic acids is 1. The molecule has 0 spiro atoms. The standard InChI is InChI=1S/C28H38ClN5O6/c1-17(34-10-12-40-13-11-34)20-14-18(5-6-19(20)28(37)38)4-3-8-33-9-7-23(24(16-33)39-2)31-26(35)21-15-22(29)25(30)32-27(21)36/h5-6,14-15,17,23-24H,3-4,7-13,16H2,1-2H3,(H,31,35)(H,37,38)(H3,30,32,36)/t17?,23-,24+/m1/s1. The quantitative estimate of drug-likeness (QED) is 0.334. The van der Waals surface area contributed by atoms with Gasteiger partial charge in [-0.3, -0.25) is 14.5 Å². The van der Waals surface area contributed by atoms with Gasteiger partial charge in [0, 0.05) is 39.3 Å². The number of pyridine rings is 1. The lowest BCUT2D eigenvalue weighted by molar-refractivity contribution is 0.00617. The van der Waals surface area contributed by atoms with Crippen LogP contribution in [0.4, 0.5) is 5.82 Å². The number of ether oxygens (including phenoxy) is 2. The molecule has 11 nitrogen and oxygen atoms in total. The van der Waals surface area contributed by atoms with Crippen LogP contribution in [0, 0.1) is 0 Å². The minimum absolute atomic E-state index is 0.00787. The highest BCUT2D eigenvalue weighted by Crippen LogP contribution is 2.27. The summed E-state index contributed by atoms with van der Waals surface area (Å²) in [6, 6.07) is 6.68. The molecule has 1 amide bonds. The molecule has 2 aliphatic heterocycles. The average Bonchev–Trinajstić information content (AvgIpc) is 2.95. The van der Waals surface area contributed by atoms with Crippen molar-refractivity contribution in [1.29, 1.82) is 0 Å². The number of carbonyl (C=O) groups is 2. The molecule has 1 aromatic heterocycles. The Kier molecular flexibility index (Phi) is 10.2. The second-order valence-electron chi connectivity index (χ2n) is 10.4. The Morgan fingerprint density at radius 2 is 2.00 bits per heavy atom. The van der Waals surface area contributed by atoms with Crippen molar-refractivity contribution in [3.63, 3.8) is 0 Å². The summed E-state index contributed by atoms with van der Waals surface area (Å²) in [7, 11) is 1.61. The number of nitrogens with zero attached hydrogens (tertiary/aromatic N) is 2. The molecule has 0 saturated carbocycles. The number of aromatic amines is 1. The molecule has 2 saturated heterocycles. The molecule has 2 fully saturated rings. The van der Waals surface area contributed by atoms with Gasteiger partial charge in [0.15, 0.2) is 0 Å². The van der Waals surface area contributed by atoms with Gasteiger partial charge in [0.05, 0.1) is 35.9 Å². The number of aromatic nitrogens is 1. The average molecular weight is 576 g/mol. The third-order valence-corrected chi connectivity index (χ3v) is 8.17. The summed E-state index contributed by atoms with van der Waals surface area (Å²) in [4.78, 5) is 43.8. The molecule has 3 heterocycles. The first-order valence-electron chi connectivity index (χ1n) is 13.6. The molecule has 218 valence electrons. The molecule has 0 radical (unpaired) electrons. The second-order valence-corrected chi connectivity index (χ2v) is 10.8. The van der Waals surface area contributed by atoms with Crippen LogP contribution < -0.4 is 16.6 Å². The minimum atomic E-state index is -0.911. The number of carboxylic acid groups (broad SMARTS) is 1. The number of hydrogen-bond donors (Lipinski definition) is 4. The molecule has 1 aromatic carbocycles. The third-order valence-electron chi connectivity index (χ3n) is 7.86. The van der Waals surface area contributed by atoms with Crippen molar-refractivity contribution in [1.82, 2.24) is 20.1 Å². The number of likely N-dealkylation sites (tertiary alicyclic amines) is 1. The van der Waals surface area contributed by atoms with E-state index in [0.717, 1.165) is 50.1 Å². The summed E-state index contributed by atoms with van der Waals surface area (Å²) < 4.78 is 11.1. The second kappa shape index (κ2) is 13.6. The summed E-state index contributed by atoms with van der Waals surface area (Å²) in [6.45, 7) is 7.17. The van der Waals surface area contributed by atoms with Crippen LogP contribution >= 0.6 is 11.6 Å². The Balaban J connectivity index is 1.32. The number of halogens is 1. The molecule has 0 bridgehead atoms. The number of anilines is 1. The van der Waals surface area contributed by atoms with Crippen LogP contribution in [0.5, 0.6) is 0 Å². The van der Waals surface area contributed by atoms with Crippen LogP contribution in [-0.2, 0) is 15.9 Å². The Morgan fingerprint density at radius 1 is 1.25 bits per heavy atom. The molecule has 4 rings (SSSR count). The van der Waals surface area contributed by atoms with Crippen molar-refractivity contribution < 1.29 is 24.2 Å². The van der Waals surface area contributed by atoms with Gasteiger partial charge in [0.1, 0.15) is 11.4 Å². The van der Waals surface area contributed by atoms with Gasteiger partial charge in [0.2, 0.25) is 0 Å². The monoisotopic (exact) mass is 575 g/mol. The lowest BCUT2D eigenvalue weighted by atomic mass is 9.95. The zero-order valence-corrected chi connectivity index (χ0v) is 23.7. The summed E-state index contributed by atoms with van der Waals surface area (Å²) in [5, 5.41) is 12.8. The van der Waals surface area contributed by atoms with Crippen LogP contribution in [0.1, 0.15) is 57.7 Å². The number of piperidine rings is 1. The first-order valence-corrected chi connectivity index (χ1v) is 14.0. The van der Waals surface area contributed by atoms with Crippen LogP contribution in [0.25, 0.3) is 0 Å². The van der Waals surface area contributed by atoms with Crippen molar-refractivity contribution in [2.24, 2.45) is 0 Å². The molecule has 12 heteroatoms. The highest BCUT2D eigenvalue weighted by Gasteiger charge is 2.31. The van der Waals surface area contributed by atoms with Crippen molar-refractivity contribution in [2.45, 2.75) is 44.4 Å². The van der Waals surface area contributed by atoms with Gasteiger partial charge in [-0.05, 0) is 56.0 Å². The van der Waals surface area contributed by atoms with E-state index in [1.807, 2.05) is 12.1 Å². The number of nitrogens with two attached hydrogens (primary N) is 1. The first-order chi connectivity index (χ1) is 19.2. The molecule has 1 unspecified atom stereocenters. The van der Waals surface area contributed by atoms with Gasteiger partial charge in [-0.25, -0.2) is 4.79 Å². The molecule has 2 aliphatic rings. The Labute approximate surface area is 238 Å². The Bertz CT molecular complexity index is 1260. The Morgan fingerprint density at radius 3 is 2.70 bits per heavy atom. The first kappa shape index (κ1) is 30.0. The SMILES string of the molecule is CO[C@H]1CN(CCCc2ccc(C(=O)O)c(C(C)N3CCOCC3)c2)CC[C@H]1NC(=O)c1cc(Cl)c(N)[nH]c1=O. The maximum Gasteiger partial charge on any atom is 0.336 e. The number of benzene rings is 1. The molecular formula is C28H38ClN5O6. The fraction of sp³-hybridized carbons (Fsp3) is 0.536. The lowest BCUT2D eigenvalue weighted by Crippen LogP contribution is -2.55. The summed E-state index contributed by atoms with van der Waals surface area (Å²) >= 11 is 5.98. The summed E-state index contributed by atoms with van der Waals surface area (Å²) in [6.07, 6.45) is 2.14. The predicted molar refractivity (Wildman–Crippen MR) is 152 cm³/mol. The number of nitrogens with one attached hydrogen (secondary N) is 2. The largest absolute Gasteiger partial charge is 0.478 e. The predicted octanol–water partition coefficient (Wildman–Crippen LogP) is 2.15. The number of carboxylic acids is 1. The van der Waals surface area contributed by atoms with Crippen LogP contribution in [-0.4, -0.2) is 97.0 Å². The van der Waals surface area contributed by atoms with E-state index in [1.165, 1.54) is 6.07 Å². The molecule has 3 atom stereocenters. The number of H-pyrrole nitrogens is 1. The zero-order chi connectivity index (χ0) is 28.8. The van der Waals surface area contributed by atoms with Crippen LogP contribution in [0.3, 0.4) is 0 Å².